The molecule has 150 valence electrons. The summed E-state index contributed by atoms with van der Waals surface area (Å²) >= 11 is 1.86. The quantitative estimate of drug-likeness (QED) is 0.537. The maximum absolute atomic E-state index is 13.4. The van der Waals surface area contributed by atoms with Crippen molar-refractivity contribution in [2.45, 2.75) is 46.6 Å². The van der Waals surface area contributed by atoms with Gasteiger partial charge in [-0.25, -0.2) is 4.79 Å². The molecule has 4 rings (SSSR count). The van der Waals surface area contributed by atoms with E-state index in [1.165, 1.54) is 32.0 Å². The van der Waals surface area contributed by atoms with E-state index in [1.807, 2.05) is 34.4 Å². The van der Waals surface area contributed by atoms with Crippen LogP contribution in [-0.2, 0) is 12.8 Å². The number of carbonyl (C=O) groups is 1. The fourth-order valence-electron chi connectivity index (χ4n) is 4.37. The number of nitrogens with one attached hydrogen (secondary N) is 1. The van der Waals surface area contributed by atoms with Crippen LogP contribution in [0, 0.1) is 20.8 Å². The van der Waals surface area contributed by atoms with Gasteiger partial charge in [0.15, 0.2) is 0 Å². The largest absolute Gasteiger partial charge is 0.322 e. The third-order valence-electron chi connectivity index (χ3n) is 6.09. The summed E-state index contributed by atoms with van der Waals surface area (Å²) < 4.78 is 0. The number of hydrogen-bond donors (Lipinski definition) is 1. The van der Waals surface area contributed by atoms with Gasteiger partial charge in [-0.3, -0.25) is 0 Å². The summed E-state index contributed by atoms with van der Waals surface area (Å²) in [6.07, 6.45) is 1.97. The molecule has 3 aromatic rings. The Labute approximate surface area is 177 Å². The molecule has 1 N–H and O–H groups in total. The summed E-state index contributed by atoms with van der Waals surface area (Å²) in [7, 11) is 0. The summed E-state index contributed by atoms with van der Waals surface area (Å²) in [5, 5.41) is 3.18. The van der Waals surface area contributed by atoms with Crippen molar-refractivity contribution < 1.29 is 4.79 Å². The topological polar surface area (TPSA) is 32.3 Å². The van der Waals surface area contributed by atoms with Gasteiger partial charge in [0.05, 0.1) is 6.04 Å². The number of urea groups is 1. The Kier molecular flexibility index (Phi) is 5.46. The predicted octanol–water partition coefficient (Wildman–Crippen LogP) is 6.42. The zero-order valence-corrected chi connectivity index (χ0v) is 18.4. The summed E-state index contributed by atoms with van der Waals surface area (Å²) in [5.41, 5.74) is 7.30. The second-order valence-corrected chi connectivity index (χ2v) is 9.02. The minimum absolute atomic E-state index is 0.0256. The van der Waals surface area contributed by atoms with Crippen LogP contribution in [0.4, 0.5) is 10.5 Å². The molecule has 1 aromatic heterocycles. The Hall–Kier alpha value is -2.59. The summed E-state index contributed by atoms with van der Waals surface area (Å²) in [4.78, 5) is 18.1. The number of anilines is 1. The fraction of sp³-hybridized carbons (Fsp3) is 0.320. The fourth-order valence-corrected chi connectivity index (χ4v) is 5.81. The molecule has 29 heavy (non-hydrogen) atoms. The van der Waals surface area contributed by atoms with Crippen molar-refractivity contribution in [2.75, 3.05) is 11.9 Å². The van der Waals surface area contributed by atoms with E-state index in [0.717, 1.165) is 30.6 Å². The van der Waals surface area contributed by atoms with Crippen LogP contribution in [0.2, 0.25) is 0 Å². The molecule has 1 atom stereocenters. The van der Waals surface area contributed by atoms with Gasteiger partial charge in [-0.15, -0.1) is 11.3 Å². The molecule has 2 heterocycles. The minimum atomic E-state index is -0.0333. The van der Waals surface area contributed by atoms with Crippen LogP contribution in [0.25, 0.3) is 0 Å². The average Bonchev–Trinajstić information content (AvgIpc) is 3.06. The van der Waals surface area contributed by atoms with Crippen LogP contribution in [-0.4, -0.2) is 17.5 Å². The molecule has 1 aliphatic heterocycles. The number of carbonyl (C=O) groups excluding carboxylic acids is 1. The number of aryl methyl sites for hydroxylation is 2. The highest BCUT2D eigenvalue weighted by Crippen LogP contribution is 2.43. The molecule has 0 spiro atoms. The normalized spacial score (nSPS) is 15.9. The minimum Gasteiger partial charge on any atom is -0.312 e. The molecule has 0 saturated heterocycles. The van der Waals surface area contributed by atoms with Crippen molar-refractivity contribution in [3.8, 4) is 0 Å². The molecule has 0 bridgehead atoms. The average molecular weight is 405 g/mol. The molecular formula is C25H28N2OS. The van der Waals surface area contributed by atoms with Gasteiger partial charge >= 0.3 is 6.03 Å². The van der Waals surface area contributed by atoms with Crippen molar-refractivity contribution in [1.82, 2.24) is 4.90 Å². The van der Waals surface area contributed by atoms with Crippen LogP contribution in [0.15, 0.2) is 48.5 Å². The molecular weight excluding hydrogens is 376 g/mol. The lowest BCUT2D eigenvalue weighted by Gasteiger charge is -2.36. The van der Waals surface area contributed by atoms with E-state index in [0.29, 0.717) is 0 Å². The Morgan fingerprint density at radius 3 is 2.59 bits per heavy atom. The Bertz CT molecular complexity index is 1040. The molecule has 2 aromatic carbocycles. The van der Waals surface area contributed by atoms with Crippen LogP contribution in [0.5, 0.6) is 0 Å². The van der Waals surface area contributed by atoms with Gasteiger partial charge in [-0.1, -0.05) is 49.4 Å². The Morgan fingerprint density at radius 1 is 1.10 bits per heavy atom. The van der Waals surface area contributed by atoms with E-state index < -0.39 is 0 Å². The lowest BCUT2D eigenvalue weighted by atomic mass is 9.92. The SMILES string of the molecule is CCc1c(C)sc2c1CCN(C(=O)Nc1cccc(C)c1C)[C@@H]2c1ccccc1. The van der Waals surface area contributed by atoms with Crippen molar-refractivity contribution in [3.63, 3.8) is 0 Å². The molecule has 2 amide bonds. The smallest absolute Gasteiger partial charge is 0.312 e. The maximum atomic E-state index is 13.4. The summed E-state index contributed by atoms with van der Waals surface area (Å²) in [5.74, 6) is 0. The van der Waals surface area contributed by atoms with E-state index >= 15 is 0 Å². The first-order chi connectivity index (χ1) is 14.0. The highest BCUT2D eigenvalue weighted by Gasteiger charge is 2.35. The molecule has 1 aliphatic rings. The van der Waals surface area contributed by atoms with Crippen molar-refractivity contribution in [1.29, 1.82) is 0 Å². The van der Waals surface area contributed by atoms with Crippen LogP contribution < -0.4 is 5.32 Å². The van der Waals surface area contributed by atoms with Gasteiger partial charge in [0.25, 0.3) is 0 Å². The second-order valence-electron chi connectivity index (χ2n) is 7.77. The number of fused-ring (bicyclic) bond motifs is 1. The van der Waals surface area contributed by atoms with Crippen LogP contribution >= 0.6 is 11.3 Å². The standard InChI is InChI=1S/C25H28N2OS/c1-5-20-18(4)29-24-21(20)14-15-27(23(24)19-11-7-6-8-12-19)25(28)26-22-13-9-10-16(2)17(22)3/h6-13,23H,5,14-15H2,1-4H3,(H,26,28)/t23-/m1/s1. The third-order valence-corrected chi connectivity index (χ3v) is 7.33. The molecule has 4 heteroatoms. The second kappa shape index (κ2) is 8.03. The highest BCUT2D eigenvalue weighted by atomic mass is 32.1. The van der Waals surface area contributed by atoms with Crippen molar-refractivity contribution >= 4 is 23.1 Å². The van der Waals surface area contributed by atoms with Gasteiger partial charge in [-0.05, 0) is 67.5 Å². The molecule has 0 fully saturated rings. The number of amides is 2. The molecule has 0 radical (unpaired) electrons. The van der Waals surface area contributed by atoms with Crippen molar-refractivity contribution in [2.24, 2.45) is 0 Å². The molecule has 0 unspecified atom stereocenters. The first kappa shape index (κ1) is 19.7. The Morgan fingerprint density at radius 2 is 1.86 bits per heavy atom. The molecule has 0 aliphatic carbocycles. The Balaban J connectivity index is 1.74. The van der Waals surface area contributed by atoms with Gasteiger partial charge < -0.3 is 10.2 Å². The monoisotopic (exact) mass is 404 g/mol. The number of nitrogens with zero attached hydrogens (tertiary/aromatic N) is 1. The summed E-state index contributed by atoms with van der Waals surface area (Å²) in [6, 6.07) is 16.4. The zero-order chi connectivity index (χ0) is 20.5. The highest BCUT2D eigenvalue weighted by molar-refractivity contribution is 7.12. The first-order valence-corrected chi connectivity index (χ1v) is 11.1. The number of hydrogen-bond acceptors (Lipinski definition) is 2. The van der Waals surface area contributed by atoms with Gasteiger partial charge in [-0.2, -0.15) is 0 Å². The van der Waals surface area contributed by atoms with Crippen LogP contribution in [0.3, 0.4) is 0 Å². The molecule has 0 saturated carbocycles. The lowest BCUT2D eigenvalue weighted by molar-refractivity contribution is 0.195. The lowest BCUT2D eigenvalue weighted by Crippen LogP contribution is -2.42. The summed E-state index contributed by atoms with van der Waals surface area (Å²) in [6.45, 7) is 9.30. The van der Waals surface area contributed by atoms with Gasteiger partial charge in [0, 0.05) is 22.0 Å². The van der Waals surface area contributed by atoms with E-state index in [9.17, 15) is 4.79 Å². The first-order valence-electron chi connectivity index (χ1n) is 10.3. The van der Waals surface area contributed by atoms with E-state index in [1.54, 1.807) is 0 Å². The maximum Gasteiger partial charge on any atom is 0.322 e. The van der Waals surface area contributed by atoms with Crippen LogP contribution in [0.1, 0.15) is 50.5 Å². The van der Waals surface area contributed by atoms with Gasteiger partial charge in [0.1, 0.15) is 0 Å². The van der Waals surface area contributed by atoms with Crippen molar-refractivity contribution in [3.05, 3.63) is 86.1 Å². The molecule has 3 nitrogen and oxygen atoms in total. The number of thiophene rings is 1. The number of rotatable bonds is 3. The third kappa shape index (κ3) is 3.58. The number of benzene rings is 2. The van der Waals surface area contributed by atoms with E-state index in [-0.39, 0.29) is 12.1 Å². The predicted molar refractivity (Wildman–Crippen MR) is 122 cm³/mol. The van der Waals surface area contributed by atoms with Gasteiger partial charge in [0.2, 0.25) is 0 Å². The van der Waals surface area contributed by atoms with E-state index in [2.05, 4.69) is 63.3 Å². The zero-order valence-electron chi connectivity index (χ0n) is 17.6. The van der Waals surface area contributed by atoms with E-state index in [4.69, 9.17) is 0 Å².